The van der Waals surface area contributed by atoms with Crippen LogP contribution in [-0.2, 0) is 0 Å². The highest BCUT2D eigenvalue weighted by molar-refractivity contribution is 5.94. The average Bonchev–Trinajstić information content (AvgIpc) is 2.71. The van der Waals surface area contributed by atoms with Gasteiger partial charge in [-0.15, -0.1) is 0 Å². The van der Waals surface area contributed by atoms with Crippen LogP contribution in [0.3, 0.4) is 0 Å². The lowest BCUT2D eigenvalue weighted by atomic mass is 10.1. The fourth-order valence-electron chi connectivity index (χ4n) is 3.00. The van der Waals surface area contributed by atoms with E-state index < -0.39 is 11.6 Å². The van der Waals surface area contributed by atoms with Crippen molar-refractivity contribution in [3.63, 3.8) is 0 Å². The van der Waals surface area contributed by atoms with Crippen molar-refractivity contribution in [3.05, 3.63) is 71.3 Å². The van der Waals surface area contributed by atoms with Gasteiger partial charge in [-0.2, -0.15) is 0 Å². The standard InChI is InChI=1S/C21H22F2N2O2/c1-27-18-7-5-17(6-8-18)21(26)25-13-11-24(12-14-25)10-2-3-16-4-9-19(22)20(23)15-16/h2-9,15H,10-14H2,1H3/b3-2+. The van der Waals surface area contributed by atoms with Crippen LogP contribution in [0.15, 0.2) is 48.5 Å². The highest BCUT2D eigenvalue weighted by Crippen LogP contribution is 2.15. The van der Waals surface area contributed by atoms with E-state index in [-0.39, 0.29) is 5.91 Å². The Morgan fingerprint density at radius 1 is 1.04 bits per heavy atom. The summed E-state index contributed by atoms with van der Waals surface area (Å²) in [4.78, 5) is 16.6. The molecule has 1 saturated heterocycles. The molecule has 6 heteroatoms. The van der Waals surface area contributed by atoms with Crippen LogP contribution < -0.4 is 4.74 Å². The third-order valence-electron chi connectivity index (χ3n) is 4.61. The fraction of sp³-hybridized carbons (Fsp3) is 0.286. The van der Waals surface area contributed by atoms with Crippen molar-refractivity contribution >= 4 is 12.0 Å². The summed E-state index contributed by atoms with van der Waals surface area (Å²) >= 11 is 0. The van der Waals surface area contributed by atoms with Gasteiger partial charge in [-0.3, -0.25) is 9.69 Å². The maximum absolute atomic E-state index is 13.2. The fourth-order valence-corrected chi connectivity index (χ4v) is 3.00. The Balaban J connectivity index is 1.48. The largest absolute Gasteiger partial charge is 0.497 e. The summed E-state index contributed by atoms with van der Waals surface area (Å²) in [6, 6.07) is 11.0. The minimum Gasteiger partial charge on any atom is -0.497 e. The second-order valence-corrected chi connectivity index (χ2v) is 6.40. The monoisotopic (exact) mass is 372 g/mol. The van der Waals surface area contributed by atoms with Crippen LogP contribution in [0.1, 0.15) is 15.9 Å². The number of benzene rings is 2. The number of hydrogen-bond donors (Lipinski definition) is 0. The van der Waals surface area contributed by atoms with Crippen LogP contribution in [0, 0.1) is 11.6 Å². The number of halogens is 2. The zero-order chi connectivity index (χ0) is 19.2. The number of amides is 1. The van der Waals surface area contributed by atoms with Crippen LogP contribution in [0.4, 0.5) is 8.78 Å². The van der Waals surface area contributed by atoms with Crippen molar-refractivity contribution in [1.82, 2.24) is 9.80 Å². The SMILES string of the molecule is COc1ccc(C(=O)N2CCN(C/C=C/c3ccc(F)c(F)c3)CC2)cc1. The van der Waals surface area contributed by atoms with Crippen LogP contribution in [-0.4, -0.2) is 55.5 Å². The van der Waals surface area contributed by atoms with Gasteiger partial charge in [0.05, 0.1) is 7.11 Å². The number of nitrogens with zero attached hydrogens (tertiary/aromatic N) is 2. The Bertz CT molecular complexity index is 813. The Kier molecular flexibility index (Phi) is 6.19. The summed E-state index contributed by atoms with van der Waals surface area (Å²) in [5.74, 6) is -0.938. The van der Waals surface area contributed by atoms with E-state index in [9.17, 15) is 13.6 Å². The molecule has 0 bridgehead atoms. The van der Waals surface area contributed by atoms with Crippen molar-refractivity contribution in [3.8, 4) is 5.75 Å². The predicted molar refractivity (Wildman–Crippen MR) is 101 cm³/mol. The first-order valence-electron chi connectivity index (χ1n) is 8.84. The molecule has 0 aromatic heterocycles. The van der Waals surface area contributed by atoms with Crippen molar-refractivity contribution < 1.29 is 18.3 Å². The lowest BCUT2D eigenvalue weighted by molar-refractivity contribution is 0.0650. The third-order valence-corrected chi connectivity index (χ3v) is 4.61. The summed E-state index contributed by atoms with van der Waals surface area (Å²) in [5.41, 5.74) is 1.28. The highest BCUT2D eigenvalue weighted by atomic mass is 19.2. The smallest absolute Gasteiger partial charge is 0.253 e. The minimum atomic E-state index is -0.845. The van der Waals surface area contributed by atoms with Crippen LogP contribution in [0.25, 0.3) is 6.08 Å². The summed E-state index contributed by atoms with van der Waals surface area (Å²) < 4.78 is 31.2. The summed E-state index contributed by atoms with van der Waals surface area (Å²) in [6.07, 6.45) is 3.70. The van der Waals surface area contributed by atoms with Gasteiger partial charge >= 0.3 is 0 Å². The molecule has 0 radical (unpaired) electrons. The van der Waals surface area contributed by atoms with Gasteiger partial charge in [0.15, 0.2) is 11.6 Å². The van der Waals surface area contributed by atoms with Gasteiger partial charge in [0, 0.05) is 38.3 Å². The van der Waals surface area contributed by atoms with Gasteiger partial charge in [-0.25, -0.2) is 8.78 Å². The molecule has 1 aliphatic heterocycles. The summed E-state index contributed by atoms with van der Waals surface area (Å²) in [5, 5.41) is 0. The topological polar surface area (TPSA) is 32.8 Å². The molecule has 2 aromatic rings. The quantitative estimate of drug-likeness (QED) is 0.806. The predicted octanol–water partition coefficient (Wildman–Crippen LogP) is 3.44. The molecular formula is C21H22F2N2O2. The van der Waals surface area contributed by atoms with Crippen molar-refractivity contribution in [2.24, 2.45) is 0 Å². The minimum absolute atomic E-state index is 0.0228. The van der Waals surface area contributed by atoms with E-state index >= 15 is 0 Å². The normalized spacial score (nSPS) is 15.3. The van der Waals surface area contributed by atoms with Crippen LogP contribution in [0.5, 0.6) is 5.75 Å². The maximum Gasteiger partial charge on any atom is 0.253 e. The number of piperazine rings is 1. The van der Waals surface area contributed by atoms with Crippen molar-refractivity contribution in [2.45, 2.75) is 0 Å². The molecule has 0 saturated carbocycles. The number of carbonyl (C=O) groups excluding carboxylic acids is 1. The second kappa shape index (κ2) is 8.77. The van der Waals surface area contributed by atoms with E-state index in [0.717, 1.165) is 24.9 Å². The molecule has 2 aromatic carbocycles. The maximum atomic E-state index is 13.2. The zero-order valence-electron chi connectivity index (χ0n) is 15.2. The molecule has 0 atom stereocenters. The lowest BCUT2D eigenvalue weighted by Gasteiger charge is -2.34. The Morgan fingerprint density at radius 2 is 1.74 bits per heavy atom. The molecule has 3 rings (SSSR count). The zero-order valence-corrected chi connectivity index (χ0v) is 15.2. The molecular weight excluding hydrogens is 350 g/mol. The molecule has 1 heterocycles. The number of hydrogen-bond acceptors (Lipinski definition) is 3. The summed E-state index contributed by atoms with van der Waals surface area (Å²) in [7, 11) is 1.59. The third kappa shape index (κ3) is 4.92. The Labute approximate surface area is 157 Å². The molecule has 1 amide bonds. The lowest BCUT2D eigenvalue weighted by Crippen LogP contribution is -2.48. The van der Waals surface area contributed by atoms with Gasteiger partial charge < -0.3 is 9.64 Å². The molecule has 4 nitrogen and oxygen atoms in total. The van der Waals surface area contributed by atoms with Gasteiger partial charge in [0.1, 0.15) is 5.75 Å². The first kappa shape index (κ1) is 19.0. The van der Waals surface area contributed by atoms with Crippen LogP contribution in [0.2, 0.25) is 0 Å². The van der Waals surface area contributed by atoms with E-state index in [1.165, 1.54) is 6.07 Å². The second-order valence-electron chi connectivity index (χ2n) is 6.40. The number of carbonyl (C=O) groups is 1. The summed E-state index contributed by atoms with van der Waals surface area (Å²) in [6.45, 7) is 3.55. The average molecular weight is 372 g/mol. The van der Waals surface area contributed by atoms with E-state index in [1.807, 2.05) is 11.0 Å². The number of methoxy groups -OCH3 is 1. The number of rotatable bonds is 5. The van der Waals surface area contributed by atoms with E-state index in [2.05, 4.69) is 4.90 Å². The molecule has 0 N–H and O–H groups in total. The first-order valence-corrected chi connectivity index (χ1v) is 8.84. The Hall–Kier alpha value is -2.73. The van der Waals surface area contributed by atoms with E-state index in [0.29, 0.717) is 30.8 Å². The molecule has 0 spiro atoms. The number of ether oxygens (including phenoxy) is 1. The van der Waals surface area contributed by atoms with Gasteiger partial charge in [0.25, 0.3) is 5.91 Å². The molecule has 27 heavy (non-hydrogen) atoms. The molecule has 0 unspecified atom stereocenters. The molecule has 1 aliphatic rings. The highest BCUT2D eigenvalue weighted by Gasteiger charge is 2.21. The molecule has 0 aliphatic carbocycles. The van der Waals surface area contributed by atoms with Gasteiger partial charge in [-0.05, 0) is 42.0 Å². The van der Waals surface area contributed by atoms with Crippen molar-refractivity contribution in [2.75, 3.05) is 39.8 Å². The molecule has 1 fully saturated rings. The van der Waals surface area contributed by atoms with Gasteiger partial charge in [0.2, 0.25) is 0 Å². The van der Waals surface area contributed by atoms with E-state index in [4.69, 9.17) is 4.74 Å². The molecule has 142 valence electrons. The van der Waals surface area contributed by atoms with Crippen molar-refractivity contribution in [1.29, 1.82) is 0 Å². The first-order chi connectivity index (χ1) is 13.1. The van der Waals surface area contributed by atoms with E-state index in [1.54, 1.807) is 43.5 Å². The Morgan fingerprint density at radius 3 is 2.37 bits per heavy atom. The van der Waals surface area contributed by atoms with Crippen LogP contribution >= 0.6 is 0 Å². The van der Waals surface area contributed by atoms with Gasteiger partial charge in [-0.1, -0.05) is 18.2 Å².